The summed E-state index contributed by atoms with van der Waals surface area (Å²) < 4.78 is 12.4. The van der Waals surface area contributed by atoms with Crippen LogP contribution < -0.4 is 9.47 Å². The number of hydrogen-bond donors (Lipinski definition) is 2. The summed E-state index contributed by atoms with van der Waals surface area (Å²) >= 11 is 0. The van der Waals surface area contributed by atoms with Crippen LogP contribution in [-0.4, -0.2) is 19.9 Å². The van der Waals surface area contributed by atoms with E-state index in [0.717, 1.165) is 57.6 Å². The summed E-state index contributed by atoms with van der Waals surface area (Å²) in [5.74, 6) is 4.06. The number of H-pyrrole nitrogens is 2. The highest BCUT2D eigenvalue weighted by atomic mass is 16.5. The van der Waals surface area contributed by atoms with E-state index < -0.39 is 0 Å². The van der Waals surface area contributed by atoms with E-state index in [9.17, 15) is 0 Å². The average Bonchev–Trinajstić information content (AvgIpc) is 3.47. The second-order valence-corrected chi connectivity index (χ2v) is 8.53. The minimum atomic E-state index is 0.351. The topological polar surface area (TPSA) is 75.8 Å². The molecule has 31 heavy (non-hydrogen) atoms. The molecule has 0 radical (unpaired) electrons. The van der Waals surface area contributed by atoms with Gasteiger partial charge in [0.25, 0.3) is 0 Å². The molecule has 2 aromatic heterocycles. The van der Waals surface area contributed by atoms with Crippen LogP contribution >= 0.6 is 0 Å². The van der Waals surface area contributed by atoms with Crippen LogP contribution in [0.4, 0.5) is 0 Å². The van der Waals surface area contributed by atoms with E-state index in [1.54, 1.807) is 0 Å². The van der Waals surface area contributed by atoms with Gasteiger partial charge in [-0.25, -0.2) is 9.97 Å². The van der Waals surface area contributed by atoms with E-state index in [4.69, 9.17) is 9.47 Å². The summed E-state index contributed by atoms with van der Waals surface area (Å²) in [5.41, 5.74) is 8.84. The summed E-state index contributed by atoms with van der Waals surface area (Å²) in [6.07, 6.45) is 4.68. The lowest BCUT2D eigenvalue weighted by Crippen LogP contribution is -2.15. The molecule has 2 N–H and O–H groups in total. The van der Waals surface area contributed by atoms with Gasteiger partial charge in [-0.05, 0) is 35.4 Å². The fraction of sp³-hybridized carbons (Fsp3) is 0.280. The van der Waals surface area contributed by atoms with Gasteiger partial charge in [0.1, 0.15) is 36.4 Å². The molecule has 2 aromatic carbocycles. The number of aromatic amines is 2. The molecule has 6 rings (SSSR count). The van der Waals surface area contributed by atoms with Gasteiger partial charge in [-0.3, -0.25) is 0 Å². The van der Waals surface area contributed by atoms with Crippen LogP contribution in [-0.2, 0) is 19.6 Å². The van der Waals surface area contributed by atoms with Crippen molar-refractivity contribution in [1.82, 2.24) is 19.9 Å². The van der Waals surface area contributed by atoms with Gasteiger partial charge < -0.3 is 19.4 Å². The first-order valence-electron chi connectivity index (χ1n) is 10.8. The molecule has 0 unspecified atom stereocenters. The molecule has 6 nitrogen and oxygen atoms in total. The van der Waals surface area contributed by atoms with Crippen molar-refractivity contribution in [2.45, 2.75) is 46.3 Å². The van der Waals surface area contributed by atoms with E-state index in [0.29, 0.717) is 19.1 Å². The molecule has 0 saturated heterocycles. The highest BCUT2D eigenvalue weighted by Gasteiger charge is 2.30. The maximum absolute atomic E-state index is 6.21. The minimum Gasteiger partial charge on any atom is -0.488 e. The number of benzene rings is 2. The first-order chi connectivity index (χ1) is 15.1. The largest absolute Gasteiger partial charge is 0.488 e. The quantitative estimate of drug-likeness (QED) is 0.457. The molecule has 0 bridgehead atoms. The van der Waals surface area contributed by atoms with Crippen molar-refractivity contribution in [2.24, 2.45) is 0 Å². The number of aromatic nitrogens is 4. The highest BCUT2D eigenvalue weighted by Crippen LogP contribution is 2.51. The van der Waals surface area contributed by atoms with Crippen molar-refractivity contribution < 1.29 is 9.47 Å². The van der Waals surface area contributed by atoms with Crippen molar-refractivity contribution in [3.63, 3.8) is 0 Å². The van der Waals surface area contributed by atoms with E-state index >= 15 is 0 Å². The van der Waals surface area contributed by atoms with Gasteiger partial charge >= 0.3 is 0 Å². The molecule has 0 atom stereocenters. The fourth-order valence-electron chi connectivity index (χ4n) is 4.47. The highest BCUT2D eigenvalue weighted by molar-refractivity contribution is 5.88. The lowest BCUT2D eigenvalue weighted by Gasteiger charge is -2.30. The zero-order chi connectivity index (χ0) is 21.1. The van der Waals surface area contributed by atoms with Crippen LogP contribution in [0, 0.1) is 0 Å². The Labute approximate surface area is 180 Å². The maximum atomic E-state index is 6.21. The Hall–Kier alpha value is -3.54. The van der Waals surface area contributed by atoms with Crippen LogP contribution in [0.15, 0.2) is 36.7 Å². The van der Waals surface area contributed by atoms with Crippen molar-refractivity contribution >= 4 is 0 Å². The molecule has 0 saturated carbocycles. The molecule has 4 heterocycles. The van der Waals surface area contributed by atoms with Crippen LogP contribution in [0.5, 0.6) is 11.5 Å². The second-order valence-electron chi connectivity index (χ2n) is 8.53. The monoisotopic (exact) mass is 412 g/mol. The Kier molecular flexibility index (Phi) is 3.96. The number of nitrogens with zero attached hydrogens (tertiary/aromatic N) is 2. The van der Waals surface area contributed by atoms with Crippen molar-refractivity contribution in [3.05, 3.63) is 59.4 Å². The summed E-state index contributed by atoms with van der Waals surface area (Å²) in [6.45, 7) is 7.44. The Balaban J connectivity index is 1.45. The molecule has 4 aromatic rings. The van der Waals surface area contributed by atoms with Gasteiger partial charge in [-0.15, -0.1) is 0 Å². The van der Waals surface area contributed by atoms with E-state index in [1.807, 2.05) is 12.4 Å². The summed E-state index contributed by atoms with van der Waals surface area (Å²) in [7, 11) is 0. The molecule has 0 spiro atoms. The van der Waals surface area contributed by atoms with Crippen molar-refractivity contribution in [3.8, 4) is 45.1 Å². The molecule has 0 aliphatic carbocycles. The van der Waals surface area contributed by atoms with Gasteiger partial charge in [0.2, 0.25) is 0 Å². The van der Waals surface area contributed by atoms with Crippen molar-refractivity contribution in [2.75, 3.05) is 0 Å². The maximum Gasteiger partial charge on any atom is 0.132 e. The number of nitrogens with one attached hydrogen (secondary N) is 2. The van der Waals surface area contributed by atoms with Gasteiger partial charge in [0, 0.05) is 29.0 Å². The smallest absolute Gasteiger partial charge is 0.132 e. The molecule has 156 valence electrons. The predicted octanol–water partition coefficient (Wildman–Crippen LogP) is 5.60. The molecule has 2 aliphatic heterocycles. The van der Waals surface area contributed by atoms with E-state index in [-0.39, 0.29) is 0 Å². The molecular weight excluding hydrogens is 388 g/mol. The lowest BCUT2D eigenvalue weighted by atomic mass is 9.87. The number of hydrogen-bond acceptors (Lipinski definition) is 4. The number of imidazole rings is 2. The first-order valence-corrected chi connectivity index (χ1v) is 10.8. The summed E-state index contributed by atoms with van der Waals surface area (Å²) in [6, 6.07) is 8.60. The third-order valence-electron chi connectivity index (χ3n) is 6.11. The second kappa shape index (κ2) is 6.74. The van der Waals surface area contributed by atoms with Gasteiger partial charge in [-0.1, -0.05) is 20.8 Å². The number of ether oxygens (including phenoxy) is 2. The zero-order valence-corrected chi connectivity index (χ0v) is 17.9. The summed E-state index contributed by atoms with van der Waals surface area (Å²) in [4.78, 5) is 15.8. The fourth-order valence-corrected chi connectivity index (χ4v) is 4.47. The SMILES string of the molecule is CCc1ncc(-c2cc3c4c(c2)COc2cc(-c5cnc(C(C)C)[nH]5)cc(c2-4)OC3)[nH]1. The van der Waals surface area contributed by atoms with Crippen molar-refractivity contribution in [1.29, 1.82) is 0 Å². The van der Waals surface area contributed by atoms with Crippen LogP contribution in [0.25, 0.3) is 33.6 Å². The number of aryl methyl sites for hydroxylation is 1. The average molecular weight is 412 g/mol. The van der Waals surface area contributed by atoms with E-state index in [2.05, 4.69) is 65.0 Å². The van der Waals surface area contributed by atoms with E-state index in [1.165, 1.54) is 16.7 Å². The number of rotatable bonds is 4. The van der Waals surface area contributed by atoms with Gasteiger partial charge in [0.05, 0.1) is 29.3 Å². The zero-order valence-electron chi connectivity index (χ0n) is 17.9. The predicted molar refractivity (Wildman–Crippen MR) is 119 cm³/mol. The Morgan fingerprint density at radius 1 is 0.839 bits per heavy atom. The minimum absolute atomic E-state index is 0.351. The third-order valence-corrected chi connectivity index (χ3v) is 6.11. The normalized spacial score (nSPS) is 13.7. The van der Waals surface area contributed by atoms with Crippen LogP contribution in [0.1, 0.15) is 49.5 Å². The molecule has 0 fully saturated rings. The molecular formula is C25H24N4O2. The van der Waals surface area contributed by atoms with Gasteiger partial charge in [0.15, 0.2) is 0 Å². The summed E-state index contributed by atoms with van der Waals surface area (Å²) in [5, 5.41) is 0. The molecule has 2 aliphatic rings. The standard InChI is InChI=1S/C25H24N4O2/c1-4-22-26-9-18(28-22)14-5-16-11-30-20-7-15(19-10-27-25(29-19)13(2)3)8-21-24(20)23(16)17(6-14)12-31-21/h5-10,13H,4,11-12H2,1-3H3,(H,26,28)(H,27,29). The first kappa shape index (κ1) is 18.2. The molecule has 6 heteroatoms. The Morgan fingerprint density at radius 2 is 1.45 bits per heavy atom. The van der Waals surface area contributed by atoms with Crippen LogP contribution in [0.3, 0.4) is 0 Å². The van der Waals surface area contributed by atoms with Gasteiger partial charge in [-0.2, -0.15) is 0 Å². The Bertz CT molecular complexity index is 1260. The van der Waals surface area contributed by atoms with Crippen LogP contribution in [0.2, 0.25) is 0 Å². The third kappa shape index (κ3) is 2.86. The molecule has 0 amide bonds. The Morgan fingerprint density at radius 3 is 2.03 bits per heavy atom. The lowest BCUT2D eigenvalue weighted by molar-refractivity contribution is 0.277.